The van der Waals surface area contributed by atoms with E-state index in [-0.39, 0.29) is 6.04 Å². The third-order valence-electron chi connectivity index (χ3n) is 2.27. The van der Waals surface area contributed by atoms with Crippen molar-refractivity contribution < 1.29 is 9.15 Å². The Morgan fingerprint density at radius 1 is 1.31 bits per heavy atom. The van der Waals surface area contributed by atoms with Crippen LogP contribution in [0.25, 0.3) is 0 Å². The Morgan fingerprint density at radius 2 is 2.19 bits per heavy atom. The second-order valence-corrected chi connectivity index (χ2v) is 3.45. The van der Waals surface area contributed by atoms with Crippen LogP contribution in [-0.2, 0) is 0 Å². The second kappa shape index (κ2) is 4.70. The van der Waals surface area contributed by atoms with Gasteiger partial charge < -0.3 is 14.5 Å². The highest BCUT2D eigenvalue weighted by molar-refractivity contribution is 5.38. The first kappa shape index (κ1) is 10.5. The Labute approximate surface area is 94.3 Å². The highest BCUT2D eigenvalue weighted by atomic mass is 16.5. The Kier molecular flexibility index (Phi) is 3.10. The predicted molar refractivity (Wildman–Crippen MR) is 61.5 cm³/mol. The van der Waals surface area contributed by atoms with Crippen LogP contribution in [0, 0.1) is 0 Å². The number of methoxy groups -OCH3 is 1. The molecule has 0 fully saturated rings. The van der Waals surface area contributed by atoms with Crippen molar-refractivity contribution in [3.63, 3.8) is 0 Å². The maximum atomic E-state index is 5.30. The number of rotatable bonds is 4. The van der Waals surface area contributed by atoms with Crippen molar-refractivity contribution >= 4 is 5.82 Å². The van der Waals surface area contributed by atoms with Gasteiger partial charge in [0.15, 0.2) is 0 Å². The van der Waals surface area contributed by atoms with E-state index in [1.807, 2.05) is 37.3 Å². The molecule has 4 heteroatoms. The number of hydrogen-bond donors (Lipinski definition) is 1. The van der Waals surface area contributed by atoms with E-state index in [1.54, 1.807) is 13.4 Å². The van der Waals surface area contributed by atoms with E-state index >= 15 is 0 Å². The van der Waals surface area contributed by atoms with Gasteiger partial charge in [-0.1, -0.05) is 6.07 Å². The Hall–Kier alpha value is -1.97. The monoisotopic (exact) mass is 218 g/mol. The standard InChI is InChI=1S/C12H14N2O2/c1-9(10-5-4-8-16-10)13-11-6-3-7-12(14-11)15-2/h3-9H,1-2H3,(H,13,14). The minimum Gasteiger partial charge on any atom is -0.481 e. The van der Waals surface area contributed by atoms with Crippen LogP contribution >= 0.6 is 0 Å². The number of anilines is 1. The van der Waals surface area contributed by atoms with Crippen LogP contribution in [0.4, 0.5) is 5.82 Å². The van der Waals surface area contributed by atoms with Crippen molar-refractivity contribution in [1.29, 1.82) is 0 Å². The maximum absolute atomic E-state index is 5.30. The lowest BCUT2D eigenvalue weighted by molar-refractivity contribution is 0.398. The van der Waals surface area contributed by atoms with E-state index in [4.69, 9.17) is 9.15 Å². The molecule has 0 saturated carbocycles. The molecule has 4 nitrogen and oxygen atoms in total. The molecule has 0 saturated heterocycles. The molecule has 1 N–H and O–H groups in total. The predicted octanol–water partition coefficient (Wildman–Crippen LogP) is 2.86. The van der Waals surface area contributed by atoms with Gasteiger partial charge in [0, 0.05) is 6.07 Å². The summed E-state index contributed by atoms with van der Waals surface area (Å²) in [5.41, 5.74) is 0. The summed E-state index contributed by atoms with van der Waals surface area (Å²) in [4.78, 5) is 4.27. The minimum absolute atomic E-state index is 0.0783. The summed E-state index contributed by atoms with van der Waals surface area (Å²) in [5, 5.41) is 3.23. The molecule has 2 heterocycles. The third kappa shape index (κ3) is 2.34. The lowest BCUT2D eigenvalue weighted by Gasteiger charge is -2.12. The molecular weight excluding hydrogens is 204 g/mol. The normalized spacial score (nSPS) is 12.1. The van der Waals surface area contributed by atoms with E-state index in [9.17, 15) is 0 Å². The van der Waals surface area contributed by atoms with Gasteiger partial charge in [-0.25, -0.2) is 0 Å². The van der Waals surface area contributed by atoms with E-state index in [1.165, 1.54) is 0 Å². The van der Waals surface area contributed by atoms with Gasteiger partial charge >= 0.3 is 0 Å². The Morgan fingerprint density at radius 3 is 2.88 bits per heavy atom. The fraction of sp³-hybridized carbons (Fsp3) is 0.250. The van der Waals surface area contributed by atoms with Crippen LogP contribution in [0.2, 0.25) is 0 Å². The molecule has 0 aromatic carbocycles. The van der Waals surface area contributed by atoms with Crippen molar-refractivity contribution in [3.05, 3.63) is 42.4 Å². The number of hydrogen-bond acceptors (Lipinski definition) is 4. The van der Waals surface area contributed by atoms with Gasteiger partial charge in [0.2, 0.25) is 5.88 Å². The average Bonchev–Trinajstić information content (AvgIpc) is 2.83. The van der Waals surface area contributed by atoms with E-state index in [0.717, 1.165) is 11.6 Å². The SMILES string of the molecule is COc1cccc(NC(C)c2ccco2)n1. The maximum Gasteiger partial charge on any atom is 0.214 e. The summed E-state index contributed by atoms with van der Waals surface area (Å²) in [7, 11) is 1.60. The van der Waals surface area contributed by atoms with Gasteiger partial charge in [-0.05, 0) is 25.1 Å². The number of ether oxygens (including phenoxy) is 1. The number of nitrogens with zero attached hydrogens (tertiary/aromatic N) is 1. The molecule has 0 aliphatic heterocycles. The molecule has 1 atom stereocenters. The first-order chi connectivity index (χ1) is 7.79. The molecule has 0 radical (unpaired) electrons. The van der Waals surface area contributed by atoms with Crippen molar-refractivity contribution in [2.75, 3.05) is 12.4 Å². The summed E-state index contributed by atoms with van der Waals surface area (Å²) < 4.78 is 10.4. The zero-order chi connectivity index (χ0) is 11.4. The third-order valence-corrected chi connectivity index (χ3v) is 2.27. The van der Waals surface area contributed by atoms with Gasteiger partial charge in [-0.3, -0.25) is 0 Å². The van der Waals surface area contributed by atoms with Crippen molar-refractivity contribution in [2.24, 2.45) is 0 Å². The molecule has 0 aliphatic carbocycles. The molecule has 2 aromatic heterocycles. The van der Waals surface area contributed by atoms with Gasteiger partial charge in [0.1, 0.15) is 11.6 Å². The molecule has 2 rings (SSSR count). The zero-order valence-corrected chi connectivity index (χ0v) is 9.31. The second-order valence-electron chi connectivity index (χ2n) is 3.45. The lowest BCUT2D eigenvalue weighted by Crippen LogP contribution is -2.07. The van der Waals surface area contributed by atoms with Crippen LogP contribution in [0.1, 0.15) is 18.7 Å². The van der Waals surface area contributed by atoms with E-state index in [2.05, 4.69) is 10.3 Å². The smallest absolute Gasteiger partial charge is 0.214 e. The number of aromatic nitrogens is 1. The van der Waals surface area contributed by atoms with Crippen LogP contribution < -0.4 is 10.1 Å². The fourth-order valence-corrected chi connectivity index (χ4v) is 1.44. The lowest BCUT2D eigenvalue weighted by atomic mass is 10.2. The first-order valence-corrected chi connectivity index (χ1v) is 5.10. The Bertz CT molecular complexity index is 440. The molecular formula is C12H14N2O2. The molecule has 84 valence electrons. The first-order valence-electron chi connectivity index (χ1n) is 5.10. The molecule has 16 heavy (non-hydrogen) atoms. The number of pyridine rings is 1. The highest BCUT2D eigenvalue weighted by Gasteiger charge is 2.08. The van der Waals surface area contributed by atoms with Crippen molar-refractivity contribution in [1.82, 2.24) is 4.98 Å². The van der Waals surface area contributed by atoms with Crippen LogP contribution in [0.3, 0.4) is 0 Å². The Balaban J connectivity index is 2.08. The molecule has 0 spiro atoms. The van der Waals surface area contributed by atoms with Gasteiger partial charge in [0.05, 0.1) is 19.4 Å². The fourth-order valence-electron chi connectivity index (χ4n) is 1.44. The largest absolute Gasteiger partial charge is 0.481 e. The van der Waals surface area contributed by atoms with Crippen LogP contribution in [0.5, 0.6) is 5.88 Å². The summed E-state index contributed by atoms with van der Waals surface area (Å²) in [6, 6.07) is 9.47. The molecule has 2 aromatic rings. The van der Waals surface area contributed by atoms with Crippen LogP contribution in [-0.4, -0.2) is 12.1 Å². The van der Waals surface area contributed by atoms with Crippen molar-refractivity contribution in [3.8, 4) is 5.88 Å². The summed E-state index contributed by atoms with van der Waals surface area (Å²) in [6.07, 6.45) is 1.66. The van der Waals surface area contributed by atoms with Crippen LogP contribution in [0.15, 0.2) is 41.0 Å². The molecule has 0 amide bonds. The van der Waals surface area contributed by atoms with Gasteiger partial charge in [-0.2, -0.15) is 4.98 Å². The summed E-state index contributed by atoms with van der Waals surface area (Å²) >= 11 is 0. The van der Waals surface area contributed by atoms with Gasteiger partial charge in [0.25, 0.3) is 0 Å². The van der Waals surface area contributed by atoms with Crippen molar-refractivity contribution in [2.45, 2.75) is 13.0 Å². The number of nitrogens with one attached hydrogen (secondary N) is 1. The van der Waals surface area contributed by atoms with E-state index < -0.39 is 0 Å². The topological polar surface area (TPSA) is 47.3 Å². The quantitative estimate of drug-likeness (QED) is 0.857. The molecule has 0 bridgehead atoms. The minimum atomic E-state index is 0.0783. The van der Waals surface area contributed by atoms with Gasteiger partial charge in [-0.15, -0.1) is 0 Å². The van der Waals surface area contributed by atoms with E-state index in [0.29, 0.717) is 5.88 Å². The highest BCUT2D eigenvalue weighted by Crippen LogP contribution is 2.19. The zero-order valence-electron chi connectivity index (χ0n) is 9.31. The average molecular weight is 218 g/mol. The molecule has 1 unspecified atom stereocenters. The summed E-state index contributed by atoms with van der Waals surface area (Å²) in [6.45, 7) is 2.01. The summed E-state index contributed by atoms with van der Waals surface area (Å²) in [5.74, 6) is 2.24. The number of furan rings is 1. The molecule has 0 aliphatic rings.